The second-order valence-electron chi connectivity index (χ2n) is 8.39. The van der Waals surface area contributed by atoms with Gasteiger partial charge in [0.25, 0.3) is 10.0 Å². The van der Waals surface area contributed by atoms with Gasteiger partial charge < -0.3 is 14.2 Å². The quantitative estimate of drug-likeness (QED) is 0.243. The Kier molecular flexibility index (Phi) is 11.1. The molecule has 3 aromatic rings. The molecule has 0 fully saturated rings. The third kappa shape index (κ3) is 8.43. The summed E-state index contributed by atoms with van der Waals surface area (Å²) in [7, 11) is -4.32. The van der Waals surface area contributed by atoms with Crippen molar-refractivity contribution < 1.29 is 32.2 Å². The highest BCUT2D eigenvalue weighted by molar-refractivity contribution is 7.89. The molecule has 1 amide bonds. The molecule has 1 unspecified atom stereocenters. The van der Waals surface area contributed by atoms with Gasteiger partial charge in [-0.3, -0.25) is 4.98 Å². The van der Waals surface area contributed by atoms with Gasteiger partial charge in [0.15, 0.2) is 6.61 Å². The van der Waals surface area contributed by atoms with Gasteiger partial charge in [-0.25, -0.2) is 18.0 Å². The number of aryl methyl sites for hydroxylation is 1. The van der Waals surface area contributed by atoms with Gasteiger partial charge in [-0.05, 0) is 86.7 Å². The molecule has 2 aromatic carbocycles. The summed E-state index contributed by atoms with van der Waals surface area (Å²) in [5, 5.41) is 0.364. The van der Waals surface area contributed by atoms with Crippen LogP contribution in [0, 0.1) is 0 Å². The first-order valence-electron chi connectivity index (χ1n) is 12.5. The average Bonchev–Trinajstić information content (AvgIpc) is 2.93. The van der Waals surface area contributed by atoms with Crippen molar-refractivity contribution in [1.82, 2.24) is 9.29 Å². The van der Waals surface area contributed by atoms with Gasteiger partial charge in [-0.2, -0.15) is 4.31 Å². The number of rotatable bonds is 13. The number of hydrogen-bond donors (Lipinski definition) is 0. The SMILES string of the molecule is CCOC(=O)COc1ccc(C(CCCc2cccnc2)N(C(=O)OCC)S(=O)(=O)c2ccc(Cl)cc2)cc1. The summed E-state index contributed by atoms with van der Waals surface area (Å²) < 4.78 is 44.0. The minimum absolute atomic E-state index is 0.00544. The van der Waals surface area contributed by atoms with E-state index in [2.05, 4.69) is 4.98 Å². The molecule has 1 atom stereocenters. The zero-order valence-electron chi connectivity index (χ0n) is 21.8. The van der Waals surface area contributed by atoms with Crippen LogP contribution >= 0.6 is 11.6 Å². The van der Waals surface area contributed by atoms with Crippen LogP contribution in [0.4, 0.5) is 4.79 Å². The Labute approximate surface area is 233 Å². The molecular weight excluding hydrogens is 544 g/mol. The first kappa shape index (κ1) is 29.9. The molecule has 208 valence electrons. The first-order chi connectivity index (χ1) is 18.8. The Morgan fingerprint density at radius 1 is 0.974 bits per heavy atom. The normalized spacial score (nSPS) is 11.9. The lowest BCUT2D eigenvalue weighted by Gasteiger charge is -2.31. The lowest BCUT2D eigenvalue weighted by molar-refractivity contribution is -0.145. The summed E-state index contributed by atoms with van der Waals surface area (Å²) in [4.78, 5) is 28.9. The van der Waals surface area contributed by atoms with Gasteiger partial charge in [0.2, 0.25) is 0 Å². The Hall–Kier alpha value is -3.63. The molecule has 0 aliphatic heterocycles. The van der Waals surface area contributed by atoms with Gasteiger partial charge in [0.1, 0.15) is 5.75 Å². The number of halogens is 1. The number of pyridine rings is 1. The molecule has 3 rings (SSSR count). The minimum Gasteiger partial charge on any atom is -0.482 e. The summed E-state index contributed by atoms with van der Waals surface area (Å²) >= 11 is 5.97. The summed E-state index contributed by atoms with van der Waals surface area (Å²) in [6.45, 7) is 3.29. The number of carbonyl (C=O) groups excluding carboxylic acids is 2. The fourth-order valence-corrected chi connectivity index (χ4v) is 5.54. The molecule has 1 aromatic heterocycles. The smallest absolute Gasteiger partial charge is 0.424 e. The zero-order valence-corrected chi connectivity index (χ0v) is 23.4. The van der Waals surface area contributed by atoms with Crippen molar-refractivity contribution in [2.75, 3.05) is 19.8 Å². The number of ether oxygens (including phenoxy) is 3. The monoisotopic (exact) mass is 574 g/mol. The van der Waals surface area contributed by atoms with Crippen molar-refractivity contribution in [3.8, 4) is 5.75 Å². The average molecular weight is 575 g/mol. The first-order valence-corrected chi connectivity index (χ1v) is 14.3. The van der Waals surface area contributed by atoms with Gasteiger partial charge in [-0.15, -0.1) is 0 Å². The van der Waals surface area contributed by atoms with Gasteiger partial charge in [0, 0.05) is 17.4 Å². The number of carbonyl (C=O) groups is 2. The summed E-state index contributed by atoms with van der Waals surface area (Å²) in [5.74, 6) is -0.110. The molecule has 0 radical (unpaired) electrons. The van der Waals surface area contributed by atoms with E-state index >= 15 is 0 Å². The molecule has 1 heterocycles. The number of esters is 1. The largest absolute Gasteiger partial charge is 0.482 e. The van der Waals surface area contributed by atoms with Crippen LogP contribution in [0.3, 0.4) is 0 Å². The maximum Gasteiger partial charge on any atom is 0.424 e. The Balaban J connectivity index is 1.96. The molecule has 0 saturated heterocycles. The van der Waals surface area contributed by atoms with Crippen molar-refractivity contribution >= 4 is 33.7 Å². The van der Waals surface area contributed by atoms with Gasteiger partial charge in [-0.1, -0.05) is 29.8 Å². The molecule has 0 N–H and O–H groups in total. The van der Waals surface area contributed by atoms with E-state index in [0.29, 0.717) is 35.6 Å². The van der Waals surface area contributed by atoms with E-state index in [0.717, 1.165) is 9.87 Å². The van der Waals surface area contributed by atoms with Crippen LogP contribution in [0.2, 0.25) is 5.02 Å². The number of hydrogen-bond acceptors (Lipinski definition) is 8. The fraction of sp³-hybridized carbons (Fsp3) is 0.321. The van der Waals surface area contributed by atoms with Gasteiger partial charge in [0.05, 0.1) is 24.2 Å². The van der Waals surface area contributed by atoms with Crippen LogP contribution < -0.4 is 4.74 Å². The Morgan fingerprint density at radius 2 is 1.67 bits per heavy atom. The lowest BCUT2D eigenvalue weighted by Crippen LogP contribution is -2.40. The highest BCUT2D eigenvalue weighted by Gasteiger charge is 2.37. The van der Waals surface area contributed by atoms with E-state index in [1.165, 1.54) is 24.3 Å². The third-order valence-electron chi connectivity index (χ3n) is 5.69. The van der Waals surface area contributed by atoms with Crippen LogP contribution in [-0.4, -0.2) is 49.6 Å². The summed E-state index contributed by atoms with van der Waals surface area (Å²) in [5.41, 5.74) is 1.54. The van der Waals surface area contributed by atoms with E-state index in [4.69, 9.17) is 25.8 Å². The van der Waals surface area contributed by atoms with Gasteiger partial charge >= 0.3 is 12.1 Å². The number of aromatic nitrogens is 1. The van der Waals surface area contributed by atoms with Crippen LogP contribution in [-0.2, 0) is 30.7 Å². The molecule has 11 heteroatoms. The van der Waals surface area contributed by atoms with Crippen molar-refractivity contribution in [3.63, 3.8) is 0 Å². The van der Waals surface area contributed by atoms with E-state index in [1.807, 2.05) is 12.1 Å². The second kappa shape index (κ2) is 14.5. The second-order valence-corrected chi connectivity index (χ2v) is 10.6. The summed E-state index contributed by atoms with van der Waals surface area (Å²) in [6.07, 6.45) is 3.94. The predicted octanol–water partition coefficient (Wildman–Crippen LogP) is 5.59. The van der Waals surface area contributed by atoms with Crippen molar-refractivity contribution in [3.05, 3.63) is 89.2 Å². The minimum atomic E-state index is -4.32. The highest BCUT2D eigenvalue weighted by Crippen LogP contribution is 2.34. The maximum absolute atomic E-state index is 13.8. The van der Waals surface area contributed by atoms with E-state index in [1.54, 1.807) is 50.5 Å². The predicted molar refractivity (Wildman–Crippen MR) is 146 cm³/mol. The molecule has 0 aliphatic carbocycles. The maximum atomic E-state index is 13.8. The molecule has 39 heavy (non-hydrogen) atoms. The number of sulfonamides is 1. The number of amides is 1. The van der Waals surface area contributed by atoms with Crippen LogP contribution in [0.1, 0.15) is 43.9 Å². The van der Waals surface area contributed by atoms with Crippen LogP contribution in [0.25, 0.3) is 0 Å². The number of nitrogens with zero attached hydrogens (tertiary/aromatic N) is 2. The zero-order chi connectivity index (χ0) is 28.3. The van der Waals surface area contributed by atoms with E-state index in [9.17, 15) is 18.0 Å². The molecule has 0 spiro atoms. The molecule has 0 aliphatic rings. The topological polar surface area (TPSA) is 112 Å². The molecule has 9 nitrogen and oxygen atoms in total. The van der Waals surface area contributed by atoms with Crippen molar-refractivity contribution in [2.45, 2.75) is 44.0 Å². The molecular formula is C28H31ClN2O7S. The molecule has 0 bridgehead atoms. The van der Waals surface area contributed by atoms with Crippen molar-refractivity contribution in [2.24, 2.45) is 0 Å². The summed E-state index contributed by atoms with van der Waals surface area (Å²) in [6, 6.07) is 15.0. The van der Waals surface area contributed by atoms with E-state index < -0.39 is 28.1 Å². The van der Waals surface area contributed by atoms with E-state index in [-0.39, 0.29) is 24.7 Å². The third-order valence-corrected chi connectivity index (χ3v) is 7.74. The lowest BCUT2D eigenvalue weighted by atomic mass is 9.99. The Morgan fingerprint density at radius 3 is 2.28 bits per heavy atom. The highest BCUT2D eigenvalue weighted by atomic mass is 35.5. The molecule has 0 saturated carbocycles. The number of benzene rings is 2. The Bertz CT molecular complexity index is 1320. The standard InChI is InChI=1S/C28H31ClN2O7S/c1-3-36-27(32)20-38-24-14-10-22(11-15-24)26(9-5-7-21-8-6-18-30-19-21)31(28(33)37-4-2)39(34,35)25-16-12-23(29)13-17-25/h6,8,10-19,26H,3-5,7,9,20H2,1-2H3. The fourth-order valence-electron chi connectivity index (χ4n) is 3.90. The van der Waals surface area contributed by atoms with Crippen LogP contribution in [0.15, 0.2) is 78.0 Å². The van der Waals surface area contributed by atoms with Crippen LogP contribution in [0.5, 0.6) is 5.75 Å². The van der Waals surface area contributed by atoms with Crippen molar-refractivity contribution in [1.29, 1.82) is 0 Å².